The van der Waals surface area contributed by atoms with E-state index < -0.39 is 11.8 Å². The average molecular weight is 350 g/mol. The van der Waals surface area contributed by atoms with Gasteiger partial charge in [-0.05, 0) is 38.6 Å². The molecule has 1 aromatic rings. The molecule has 0 aliphatic carbocycles. The molecule has 0 saturated carbocycles. The van der Waals surface area contributed by atoms with E-state index in [1.54, 1.807) is 26.0 Å². The third-order valence-electron chi connectivity index (χ3n) is 4.32. The van der Waals surface area contributed by atoms with Crippen molar-refractivity contribution in [2.75, 3.05) is 39.8 Å². The Morgan fingerprint density at radius 3 is 2.24 bits per heavy atom. The first-order valence-electron chi connectivity index (χ1n) is 8.63. The van der Waals surface area contributed by atoms with E-state index in [0.29, 0.717) is 6.54 Å². The maximum Gasteiger partial charge on any atom is 0.309 e. The van der Waals surface area contributed by atoms with E-state index in [4.69, 9.17) is 0 Å². The number of likely N-dealkylation sites (N-methyl/N-ethyl adjacent to an activating group) is 1. The van der Waals surface area contributed by atoms with E-state index in [-0.39, 0.29) is 17.9 Å². The maximum absolute atomic E-state index is 13.2. The summed E-state index contributed by atoms with van der Waals surface area (Å²) in [7, 11) is 2.07. The number of rotatable bonds is 5. The van der Waals surface area contributed by atoms with E-state index >= 15 is 0 Å². The van der Waals surface area contributed by atoms with Crippen LogP contribution in [0.4, 0.5) is 4.39 Å². The minimum absolute atomic E-state index is 0.0925. The molecule has 1 fully saturated rings. The Hall–Kier alpha value is -1.99. The Morgan fingerprint density at radius 2 is 1.68 bits per heavy atom. The molecule has 1 saturated heterocycles. The fourth-order valence-corrected chi connectivity index (χ4v) is 2.87. The summed E-state index contributed by atoms with van der Waals surface area (Å²) in [5.41, 5.74) is 0.926. The van der Waals surface area contributed by atoms with Crippen molar-refractivity contribution in [1.29, 1.82) is 0 Å². The predicted octanol–water partition coefficient (Wildman–Crippen LogP) is 0.755. The molecular weight excluding hydrogens is 323 g/mol. The molecule has 7 heteroatoms. The van der Waals surface area contributed by atoms with Crippen LogP contribution in [0.2, 0.25) is 0 Å². The van der Waals surface area contributed by atoms with Gasteiger partial charge in [-0.1, -0.05) is 12.1 Å². The summed E-state index contributed by atoms with van der Waals surface area (Å²) in [6.07, 6.45) is 0. The Balaban J connectivity index is 2.05. The van der Waals surface area contributed by atoms with Gasteiger partial charge < -0.3 is 15.5 Å². The fraction of sp³-hybridized carbons (Fsp3) is 0.556. The van der Waals surface area contributed by atoms with Crippen molar-refractivity contribution in [2.45, 2.75) is 25.9 Å². The zero-order valence-electron chi connectivity index (χ0n) is 15.1. The molecule has 0 spiro atoms. The number of nitrogens with zero attached hydrogens (tertiary/aromatic N) is 2. The molecule has 2 amide bonds. The summed E-state index contributed by atoms with van der Waals surface area (Å²) >= 11 is 0. The van der Waals surface area contributed by atoms with E-state index in [2.05, 4.69) is 27.5 Å². The molecule has 1 aliphatic heterocycles. The van der Waals surface area contributed by atoms with Gasteiger partial charge in [0.25, 0.3) is 0 Å². The molecule has 1 heterocycles. The zero-order chi connectivity index (χ0) is 18.4. The minimum atomic E-state index is -0.644. The zero-order valence-corrected chi connectivity index (χ0v) is 15.1. The van der Waals surface area contributed by atoms with Crippen molar-refractivity contribution in [3.63, 3.8) is 0 Å². The largest absolute Gasteiger partial charge is 0.346 e. The van der Waals surface area contributed by atoms with Crippen LogP contribution in [0.3, 0.4) is 0 Å². The lowest BCUT2D eigenvalue weighted by Gasteiger charge is -2.38. The van der Waals surface area contributed by atoms with Gasteiger partial charge in [0.05, 0.1) is 6.04 Å². The van der Waals surface area contributed by atoms with Gasteiger partial charge in [0.2, 0.25) is 0 Å². The van der Waals surface area contributed by atoms with E-state index in [1.807, 2.05) is 0 Å². The number of carbonyl (C=O) groups is 2. The summed E-state index contributed by atoms with van der Waals surface area (Å²) in [6, 6.07) is 6.13. The van der Waals surface area contributed by atoms with Crippen LogP contribution >= 0.6 is 0 Å². The second-order valence-corrected chi connectivity index (χ2v) is 6.74. The van der Waals surface area contributed by atoms with Crippen LogP contribution in [-0.4, -0.2) is 67.4 Å². The first-order valence-corrected chi connectivity index (χ1v) is 8.63. The molecule has 0 aromatic heterocycles. The third kappa shape index (κ3) is 5.79. The highest BCUT2D eigenvalue weighted by atomic mass is 19.1. The summed E-state index contributed by atoms with van der Waals surface area (Å²) in [5.74, 6) is -1.57. The lowest BCUT2D eigenvalue weighted by Crippen LogP contribution is -2.50. The number of benzene rings is 1. The molecule has 6 nitrogen and oxygen atoms in total. The fourth-order valence-electron chi connectivity index (χ4n) is 2.87. The summed E-state index contributed by atoms with van der Waals surface area (Å²) < 4.78 is 13.2. The minimum Gasteiger partial charge on any atom is -0.346 e. The van der Waals surface area contributed by atoms with Crippen LogP contribution in [0.15, 0.2) is 24.3 Å². The van der Waals surface area contributed by atoms with Gasteiger partial charge in [0.1, 0.15) is 5.82 Å². The SMILES string of the molecule is CC(C)NC(=O)C(=O)NCC(c1ccc(F)cc1)N1CCN(C)CC1. The van der Waals surface area contributed by atoms with Gasteiger partial charge in [0.15, 0.2) is 0 Å². The van der Waals surface area contributed by atoms with Gasteiger partial charge in [0, 0.05) is 38.8 Å². The predicted molar refractivity (Wildman–Crippen MR) is 94.5 cm³/mol. The molecular formula is C18H27FN4O2. The lowest BCUT2D eigenvalue weighted by molar-refractivity contribution is -0.139. The normalized spacial score (nSPS) is 17.3. The number of amides is 2. The Kier molecular flexibility index (Phi) is 6.90. The number of hydrogen-bond acceptors (Lipinski definition) is 4. The first kappa shape index (κ1) is 19.3. The highest BCUT2D eigenvalue weighted by Crippen LogP contribution is 2.22. The third-order valence-corrected chi connectivity index (χ3v) is 4.32. The van der Waals surface area contributed by atoms with Gasteiger partial charge in [-0.2, -0.15) is 0 Å². The van der Waals surface area contributed by atoms with Crippen molar-refractivity contribution >= 4 is 11.8 Å². The van der Waals surface area contributed by atoms with Gasteiger partial charge in [-0.15, -0.1) is 0 Å². The van der Waals surface area contributed by atoms with Gasteiger partial charge >= 0.3 is 11.8 Å². The highest BCUT2D eigenvalue weighted by Gasteiger charge is 2.25. The Morgan fingerprint density at radius 1 is 1.08 bits per heavy atom. The number of halogens is 1. The van der Waals surface area contributed by atoms with E-state index in [0.717, 1.165) is 31.7 Å². The topological polar surface area (TPSA) is 64.7 Å². The van der Waals surface area contributed by atoms with Crippen molar-refractivity contribution in [2.24, 2.45) is 0 Å². The summed E-state index contributed by atoms with van der Waals surface area (Å²) in [5, 5.41) is 5.29. The van der Waals surface area contributed by atoms with Crippen molar-refractivity contribution in [3.05, 3.63) is 35.6 Å². The summed E-state index contributed by atoms with van der Waals surface area (Å²) in [6.45, 7) is 7.48. The molecule has 1 aromatic carbocycles. The second kappa shape index (κ2) is 8.92. The standard InChI is InChI=1S/C18H27FN4O2/c1-13(2)21-18(25)17(24)20-12-16(14-4-6-15(19)7-5-14)23-10-8-22(3)9-11-23/h4-7,13,16H,8-12H2,1-3H3,(H,20,24)(H,21,25). The van der Waals surface area contributed by atoms with Crippen LogP contribution in [0.1, 0.15) is 25.5 Å². The molecule has 0 radical (unpaired) electrons. The molecule has 1 unspecified atom stereocenters. The quantitative estimate of drug-likeness (QED) is 0.770. The second-order valence-electron chi connectivity index (χ2n) is 6.74. The monoisotopic (exact) mass is 350 g/mol. The number of piperazine rings is 1. The molecule has 2 N–H and O–H groups in total. The first-order chi connectivity index (χ1) is 11.9. The van der Waals surface area contributed by atoms with Crippen LogP contribution < -0.4 is 10.6 Å². The molecule has 2 rings (SSSR count). The highest BCUT2D eigenvalue weighted by molar-refractivity contribution is 6.35. The Bertz CT molecular complexity index is 583. The van der Waals surface area contributed by atoms with Crippen molar-refractivity contribution in [1.82, 2.24) is 20.4 Å². The van der Waals surface area contributed by atoms with Crippen molar-refractivity contribution in [3.8, 4) is 0 Å². The number of hydrogen-bond donors (Lipinski definition) is 2. The molecule has 1 aliphatic rings. The average Bonchev–Trinajstić information content (AvgIpc) is 2.57. The van der Waals surface area contributed by atoms with Crippen LogP contribution in [0, 0.1) is 5.82 Å². The number of nitrogens with one attached hydrogen (secondary N) is 2. The smallest absolute Gasteiger partial charge is 0.309 e. The lowest BCUT2D eigenvalue weighted by atomic mass is 10.0. The van der Waals surface area contributed by atoms with Crippen LogP contribution in [0.25, 0.3) is 0 Å². The Labute approximate surface area is 148 Å². The number of carbonyl (C=O) groups excluding carboxylic acids is 2. The molecule has 1 atom stereocenters. The van der Waals surface area contributed by atoms with Crippen LogP contribution in [-0.2, 0) is 9.59 Å². The maximum atomic E-state index is 13.2. The van der Waals surface area contributed by atoms with Crippen LogP contribution in [0.5, 0.6) is 0 Å². The summed E-state index contributed by atoms with van der Waals surface area (Å²) in [4.78, 5) is 28.3. The molecule has 0 bridgehead atoms. The molecule has 138 valence electrons. The van der Waals surface area contributed by atoms with E-state index in [9.17, 15) is 14.0 Å². The van der Waals surface area contributed by atoms with Gasteiger partial charge in [-0.25, -0.2) is 4.39 Å². The molecule has 25 heavy (non-hydrogen) atoms. The van der Waals surface area contributed by atoms with E-state index in [1.165, 1.54) is 12.1 Å². The van der Waals surface area contributed by atoms with Crippen molar-refractivity contribution < 1.29 is 14.0 Å². The van der Waals surface area contributed by atoms with Gasteiger partial charge in [-0.3, -0.25) is 14.5 Å².